The summed E-state index contributed by atoms with van der Waals surface area (Å²) in [6.07, 6.45) is 0. The van der Waals surface area contributed by atoms with Gasteiger partial charge in [-0.1, -0.05) is 0 Å². The summed E-state index contributed by atoms with van der Waals surface area (Å²) in [7, 11) is 0. The zero-order chi connectivity index (χ0) is 13.0. The van der Waals surface area contributed by atoms with Crippen molar-refractivity contribution in [1.82, 2.24) is 0 Å². The second-order valence-electron chi connectivity index (χ2n) is 3.89. The SMILES string of the molecule is CCN(CC(C)C#N)c1cc(F)c(Br)cc1N. The van der Waals surface area contributed by atoms with E-state index in [1.54, 1.807) is 6.07 Å². The van der Waals surface area contributed by atoms with Crippen LogP contribution in [0.5, 0.6) is 0 Å². The third kappa shape index (κ3) is 3.34. The molecule has 0 aromatic heterocycles. The van der Waals surface area contributed by atoms with Crippen molar-refractivity contribution in [3.63, 3.8) is 0 Å². The Kier molecular flexibility index (Phi) is 4.76. The molecule has 92 valence electrons. The summed E-state index contributed by atoms with van der Waals surface area (Å²) in [5, 5.41) is 8.80. The van der Waals surface area contributed by atoms with Crippen LogP contribution in [0, 0.1) is 23.1 Å². The molecule has 0 saturated carbocycles. The smallest absolute Gasteiger partial charge is 0.139 e. The molecule has 0 amide bonds. The van der Waals surface area contributed by atoms with Crippen LogP contribution in [0.2, 0.25) is 0 Å². The summed E-state index contributed by atoms with van der Waals surface area (Å²) < 4.78 is 13.8. The Balaban J connectivity index is 3.04. The Labute approximate surface area is 109 Å². The van der Waals surface area contributed by atoms with Gasteiger partial charge in [-0.05, 0) is 35.8 Å². The molecule has 3 nitrogen and oxygen atoms in total. The van der Waals surface area contributed by atoms with Crippen molar-refractivity contribution in [2.24, 2.45) is 5.92 Å². The monoisotopic (exact) mass is 299 g/mol. The Morgan fingerprint density at radius 3 is 2.76 bits per heavy atom. The van der Waals surface area contributed by atoms with E-state index in [2.05, 4.69) is 22.0 Å². The van der Waals surface area contributed by atoms with E-state index in [4.69, 9.17) is 11.0 Å². The minimum atomic E-state index is -0.350. The number of nitrogens with zero attached hydrogens (tertiary/aromatic N) is 2. The maximum atomic E-state index is 13.5. The Bertz CT molecular complexity index is 442. The van der Waals surface area contributed by atoms with Gasteiger partial charge in [-0.15, -0.1) is 0 Å². The molecule has 0 spiro atoms. The summed E-state index contributed by atoms with van der Waals surface area (Å²) in [6.45, 7) is 4.99. The second kappa shape index (κ2) is 5.87. The summed E-state index contributed by atoms with van der Waals surface area (Å²) in [5.74, 6) is -0.474. The van der Waals surface area contributed by atoms with Gasteiger partial charge in [0.05, 0.1) is 27.8 Å². The van der Waals surface area contributed by atoms with E-state index in [9.17, 15) is 4.39 Å². The number of nitriles is 1. The number of rotatable bonds is 4. The molecule has 5 heteroatoms. The van der Waals surface area contributed by atoms with Gasteiger partial charge >= 0.3 is 0 Å². The van der Waals surface area contributed by atoms with Gasteiger partial charge in [-0.25, -0.2) is 4.39 Å². The van der Waals surface area contributed by atoms with E-state index in [1.165, 1.54) is 6.07 Å². The quantitative estimate of drug-likeness (QED) is 0.869. The Hall–Kier alpha value is -1.28. The summed E-state index contributed by atoms with van der Waals surface area (Å²) in [4.78, 5) is 1.90. The van der Waals surface area contributed by atoms with Crippen LogP contribution in [0.3, 0.4) is 0 Å². The topological polar surface area (TPSA) is 53.0 Å². The lowest BCUT2D eigenvalue weighted by molar-refractivity contribution is 0.618. The number of benzene rings is 1. The highest BCUT2D eigenvalue weighted by atomic mass is 79.9. The third-order valence-corrected chi connectivity index (χ3v) is 3.11. The van der Waals surface area contributed by atoms with Crippen molar-refractivity contribution in [3.8, 4) is 6.07 Å². The van der Waals surface area contributed by atoms with Gasteiger partial charge in [0.25, 0.3) is 0 Å². The van der Waals surface area contributed by atoms with Crippen molar-refractivity contribution in [1.29, 1.82) is 5.26 Å². The highest BCUT2D eigenvalue weighted by Gasteiger charge is 2.14. The molecule has 0 saturated heterocycles. The minimum absolute atomic E-state index is 0.124. The predicted molar refractivity (Wildman–Crippen MR) is 71.2 cm³/mol. The summed E-state index contributed by atoms with van der Waals surface area (Å²) in [6, 6.07) is 5.10. The van der Waals surface area contributed by atoms with E-state index in [-0.39, 0.29) is 11.7 Å². The molecule has 0 aliphatic heterocycles. The number of nitrogens with two attached hydrogens (primary N) is 1. The molecular weight excluding hydrogens is 285 g/mol. The first kappa shape index (κ1) is 13.8. The molecule has 1 aromatic carbocycles. The fraction of sp³-hybridized carbons (Fsp3) is 0.417. The fourth-order valence-corrected chi connectivity index (χ4v) is 1.96. The van der Waals surface area contributed by atoms with Crippen molar-refractivity contribution in [3.05, 3.63) is 22.4 Å². The molecule has 1 aromatic rings. The lowest BCUT2D eigenvalue weighted by atomic mass is 10.1. The van der Waals surface area contributed by atoms with Crippen molar-refractivity contribution in [2.75, 3.05) is 23.7 Å². The van der Waals surface area contributed by atoms with E-state index in [0.29, 0.717) is 28.9 Å². The van der Waals surface area contributed by atoms with E-state index in [0.717, 1.165) is 0 Å². The molecule has 2 N–H and O–H groups in total. The maximum Gasteiger partial charge on any atom is 0.139 e. The number of hydrogen-bond acceptors (Lipinski definition) is 3. The van der Waals surface area contributed by atoms with Crippen LogP contribution < -0.4 is 10.6 Å². The third-order valence-electron chi connectivity index (χ3n) is 2.51. The van der Waals surface area contributed by atoms with Crippen molar-refractivity contribution >= 4 is 27.3 Å². The molecule has 1 atom stereocenters. The highest BCUT2D eigenvalue weighted by molar-refractivity contribution is 9.10. The lowest BCUT2D eigenvalue weighted by Crippen LogP contribution is -2.28. The molecule has 0 aliphatic rings. The van der Waals surface area contributed by atoms with Crippen LogP contribution in [0.4, 0.5) is 15.8 Å². The fourth-order valence-electron chi connectivity index (χ4n) is 1.59. The van der Waals surface area contributed by atoms with Gasteiger partial charge in [0, 0.05) is 19.2 Å². The molecule has 0 heterocycles. The molecular formula is C12H15BrFN3. The first-order valence-electron chi connectivity index (χ1n) is 5.38. The average Bonchev–Trinajstić information content (AvgIpc) is 2.30. The van der Waals surface area contributed by atoms with Crippen LogP contribution in [-0.2, 0) is 0 Å². The van der Waals surface area contributed by atoms with Crippen LogP contribution in [-0.4, -0.2) is 13.1 Å². The van der Waals surface area contributed by atoms with E-state index < -0.39 is 0 Å². The Morgan fingerprint density at radius 1 is 1.59 bits per heavy atom. The zero-order valence-electron chi connectivity index (χ0n) is 9.87. The highest BCUT2D eigenvalue weighted by Crippen LogP contribution is 2.29. The van der Waals surface area contributed by atoms with Gasteiger partial charge in [-0.2, -0.15) is 5.26 Å². The number of nitrogen functional groups attached to an aromatic ring is 1. The number of hydrogen-bond donors (Lipinski definition) is 1. The van der Waals surface area contributed by atoms with Gasteiger partial charge in [0.2, 0.25) is 0 Å². The molecule has 0 aliphatic carbocycles. The summed E-state index contributed by atoms with van der Waals surface area (Å²) >= 11 is 3.09. The summed E-state index contributed by atoms with van der Waals surface area (Å²) in [5.41, 5.74) is 7.00. The average molecular weight is 300 g/mol. The van der Waals surface area contributed by atoms with Crippen LogP contribution in [0.1, 0.15) is 13.8 Å². The molecule has 0 bridgehead atoms. The zero-order valence-corrected chi connectivity index (χ0v) is 11.5. The normalized spacial score (nSPS) is 11.9. The second-order valence-corrected chi connectivity index (χ2v) is 4.75. The van der Waals surface area contributed by atoms with E-state index in [1.807, 2.05) is 18.7 Å². The number of halogens is 2. The largest absolute Gasteiger partial charge is 0.397 e. The first-order chi connectivity index (χ1) is 7.99. The number of anilines is 2. The van der Waals surface area contributed by atoms with Gasteiger partial charge in [0.15, 0.2) is 0 Å². The molecule has 1 rings (SSSR count). The van der Waals surface area contributed by atoms with Crippen LogP contribution in [0.15, 0.2) is 16.6 Å². The van der Waals surface area contributed by atoms with Crippen LogP contribution in [0.25, 0.3) is 0 Å². The van der Waals surface area contributed by atoms with Gasteiger partial charge in [-0.3, -0.25) is 0 Å². The maximum absolute atomic E-state index is 13.5. The molecule has 1 unspecified atom stereocenters. The standard InChI is InChI=1S/C12H15BrFN3/c1-3-17(7-8(2)6-15)12-5-10(14)9(13)4-11(12)16/h4-5,8H,3,7,16H2,1-2H3. The Morgan fingerprint density at radius 2 is 2.24 bits per heavy atom. The first-order valence-corrected chi connectivity index (χ1v) is 6.18. The van der Waals surface area contributed by atoms with Gasteiger partial charge in [0.1, 0.15) is 5.82 Å². The minimum Gasteiger partial charge on any atom is -0.397 e. The molecule has 0 radical (unpaired) electrons. The van der Waals surface area contributed by atoms with Gasteiger partial charge < -0.3 is 10.6 Å². The predicted octanol–water partition coefficient (Wildman–Crippen LogP) is 3.16. The molecule has 0 fully saturated rings. The van der Waals surface area contributed by atoms with Crippen LogP contribution >= 0.6 is 15.9 Å². The van der Waals surface area contributed by atoms with Crippen molar-refractivity contribution < 1.29 is 4.39 Å². The van der Waals surface area contributed by atoms with Crippen molar-refractivity contribution in [2.45, 2.75) is 13.8 Å². The molecule has 17 heavy (non-hydrogen) atoms. The van der Waals surface area contributed by atoms with E-state index >= 15 is 0 Å². The lowest BCUT2D eigenvalue weighted by Gasteiger charge is -2.25.